The lowest BCUT2D eigenvalue weighted by atomic mass is 9.89. The van der Waals surface area contributed by atoms with Gasteiger partial charge in [-0.15, -0.1) is 23.5 Å². The topological polar surface area (TPSA) is 46.2 Å². The Kier molecular flexibility index (Phi) is 14.1. The molecule has 5 nitrogen and oxygen atoms in total. The van der Waals surface area contributed by atoms with E-state index in [0.717, 1.165) is 45.7 Å². The Morgan fingerprint density at radius 1 is 0.500 bits per heavy atom. The molecule has 0 spiro atoms. The van der Waals surface area contributed by atoms with E-state index in [1.165, 1.54) is 16.7 Å². The molecule has 2 aliphatic heterocycles. The summed E-state index contributed by atoms with van der Waals surface area (Å²) in [6.45, 7) is 4.19. The number of ether oxygens (including phenoxy) is 5. The maximum atomic E-state index is 7.31. The predicted octanol–water partition coefficient (Wildman–Crippen LogP) is 11.3. The number of benzene rings is 6. The van der Waals surface area contributed by atoms with Crippen LogP contribution < -0.4 is 0 Å². The lowest BCUT2D eigenvalue weighted by molar-refractivity contribution is -0.275. The summed E-state index contributed by atoms with van der Waals surface area (Å²) in [7, 11) is 0. The van der Waals surface area contributed by atoms with E-state index in [4.69, 9.17) is 23.7 Å². The zero-order valence-electron chi connectivity index (χ0n) is 33.1. The Morgan fingerprint density at radius 2 is 1.00 bits per heavy atom. The van der Waals surface area contributed by atoms with Crippen LogP contribution in [0.25, 0.3) is 0 Å². The van der Waals surface area contributed by atoms with Crippen molar-refractivity contribution in [3.63, 3.8) is 0 Å². The third-order valence-electron chi connectivity index (χ3n) is 10.9. The molecule has 7 heteroatoms. The molecular formula is C51H52O5S2. The number of rotatable bonds is 17. The van der Waals surface area contributed by atoms with Crippen molar-refractivity contribution in [1.82, 2.24) is 0 Å². The second-order valence-corrected chi connectivity index (χ2v) is 17.7. The third kappa shape index (κ3) is 9.98. The first-order chi connectivity index (χ1) is 28.7. The van der Waals surface area contributed by atoms with Gasteiger partial charge in [0.2, 0.25) is 0 Å². The van der Waals surface area contributed by atoms with E-state index >= 15 is 0 Å². The fourth-order valence-corrected chi connectivity index (χ4v) is 11.1. The summed E-state index contributed by atoms with van der Waals surface area (Å²) in [6.07, 6.45) is -1.40. The quantitative estimate of drug-likeness (QED) is 0.0909. The minimum Gasteiger partial charge on any atom is -0.374 e. The van der Waals surface area contributed by atoms with Gasteiger partial charge in [-0.1, -0.05) is 177 Å². The Hall–Kier alpha value is -4.18. The number of hydrogen-bond donors (Lipinski definition) is 0. The van der Waals surface area contributed by atoms with Crippen molar-refractivity contribution in [2.45, 2.75) is 74.4 Å². The molecule has 2 saturated heterocycles. The molecule has 2 aliphatic rings. The van der Waals surface area contributed by atoms with E-state index in [0.29, 0.717) is 33.0 Å². The molecule has 6 aromatic carbocycles. The normalized spacial score (nSPS) is 21.5. The van der Waals surface area contributed by atoms with Crippen LogP contribution in [-0.2, 0) is 60.6 Å². The average molecular weight is 809 g/mol. The highest BCUT2D eigenvalue weighted by atomic mass is 32.2. The van der Waals surface area contributed by atoms with Crippen LogP contribution in [0.15, 0.2) is 170 Å². The molecule has 5 atom stereocenters. The van der Waals surface area contributed by atoms with Gasteiger partial charge in [-0.05, 0) is 50.9 Å². The van der Waals surface area contributed by atoms with Crippen LogP contribution >= 0.6 is 23.5 Å². The van der Waals surface area contributed by atoms with E-state index in [1.54, 1.807) is 0 Å². The molecule has 0 unspecified atom stereocenters. The minimum absolute atomic E-state index is 0.222. The largest absolute Gasteiger partial charge is 0.374 e. The lowest BCUT2D eigenvalue weighted by Crippen LogP contribution is -2.58. The SMILES string of the molecule is CCc1ccc(C2(c3cccc([C@@H]4O[C@H](COCc5ccccc5)[C@@H](OCc5ccccc5)[C@H](OCc5ccccc5)[C@H]4OCc4ccccc4)c3)SCCS2)cc1. The summed E-state index contributed by atoms with van der Waals surface area (Å²) in [4.78, 5) is 0. The highest BCUT2D eigenvalue weighted by Crippen LogP contribution is 2.57. The molecule has 6 aromatic rings. The lowest BCUT2D eigenvalue weighted by Gasteiger charge is -2.46. The van der Waals surface area contributed by atoms with Crippen molar-refractivity contribution in [2.24, 2.45) is 0 Å². The first kappa shape index (κ1) is 40.6. The highest BCUT2D eigenvalue weighted by molar-refractivity contribution is 8.20. The van der Waals surface area contributed by atoms with E-state index < -0.39 is 30.5 Å². The zero-order chi connectivity index (χ0) is 39.4. The summed E-state index contributed by atoms with van der Waals surface area (Å²) in [6, 6.07) is 59.4. The third-order valence-corrected chi connectivity index (χ3v) is 14.5. The Labute approximate surface area is 352 Å². The van der Waals surface area contributed by atoms with Gasteiger partial charge in [0.05, 0.1) is 33.0 Å². The fraction of sp³-hybridized carbons (Fsp3) is 0.294. The van der Waals surface area contributed by atoms with Crippen LogP contribution in [-0.4, -0.2) is 42.5 Å². The van der Waals surface area contributed by atoms with E-state index in [-0.39, 0.29) is 4.08 Å². The molecule has 2 heterocycles. The molecule has 0 radical (unpaired) electrons. The van der Waals surface area contributed by atoms with E-state index in [1.807, 2.05) is 72.1 Å². The van der Waals surface area contributed by atoms with Crippen molar-refractivity contribution in [3.8, 4) is 0 Å². The monoisotopic (exact) mass is 808 g/mol. The van der Waals surface area contributed by atoms with Gasteiger partial charge in [0.25, 0.3) is 0 Å². The standard InChI is InChI=1S/C51H52O5S2/c1-2-38-26-28-44(29-27-38)51(57-30-31-58-51)45-25-15-24-43(32-45)47-49(54-35-41-20-11-5-12-21-41)50(55-36-42-22-13-6-14-23-42)48(53-34-40-18-9-4-10-19-40)46(56-47)37-52-33-39-16-7-3-8-17-39/h3-29,32,46-50H,2,30-31,33-37H2,1H3/t46-,47+,48-,49+,50+/m1/s1. The number of thioether (sulfide) groups is 2. The van der Waals surface area contributed by atoms with Gasteiger partial charge in [-0.25, -0.2) is 0 Å². The molecule has 0 aliphatic carbocycles. The first-order valence-electron chi connectivity index (χ1n) is 20.4. The van der Waals surface area contributed by atoms with Gasteiger partial charge < -0.3 is 23.7 Å². The first-order valence-corrected chi connectivity index (χ1v) is 22.4. The van der Waals surface area contributed by atoms with Gasteiger partial charge in [0, 0.05) is 11.5 Å². The minimum atomic E-state index is -0.506. The van der Waals surface area contributed by atoms with E-state index in [9.17, 15) is 0 Å². The second kappa shape index (κ2) is 20.2. The summed E-state index contributed by atoms with van der Waals surface area (Å²) in [5.74, 6) is 2.17. The highest BCUT2D eigenvalue weighted by Gasteiger charge is 2.49. The summed E-state index contributed by atoms with van der Waals surface area (Å²) in [5, 5.41) is 0. The molecule has 298 valence electrons. The second-order valence-electron chi connectivity index (χ2n) is 14.9. The van der Waals surface area contributed by atoms with Crippen molar-refractivity contribution in [2.75, 3.05) is 18.1 Å². The maximum absolute atomic E-state index is 7.31. The van der Waals surface area contributed by atoms with Crippen LogP contribution in [0.4, 0.5) is 0 Å². The fourth-order valence-electron chi connectivity index (χ4n) is 7.85. The molecule has 0 N–H and O–H groups in total. The Morgan fingerprint density at radius 3 is 1.53 bits per heavy atom. The number of hydrogen-bond acceptors (Lipinski definition) is 7. The van der Waals surface area contributed by atoms with Crippen molar-refractivity contribution in [1.29, 1.82) is 0 Å². The van der Waals surface area contributed by atoms with Crippen LogP contribution in [0.3, 0.4) is 0 Å². The van der Waals surface area contributed by atoms with Crippen molar-refractivity contribution < 1.29 is 23.7 Å². The van der Waals surface area contributed by atoms with Gasteiger partial charge in [-0.3, -0.25) is 0 Å². The van der Waals surface area contributed by atoms with Crippen molar-refractivity contribution >= 4 is 23.5 Å². The van der Waals surface area contributed by atoms with Crippen LogP contribution in [0.1, 0.15) is 57.5 Å². The zero-order valence-corrected chi connectivity index (χ0v) is 34.7. The average Bonchev–Trinajstić information content (AvgIpc) is 3.80. The molecule has 8 rings (SSSR count). The molecule has 58 heavy (non-hydrogen) atoms. The smallest absolute Gasteiger partial charge is 0.117 e. The summed E-state index contributed by atoms with van der Waals surface area (Å²) in [5.41, 5.74) is 9.33. The van der Waals surface area contributed by atoms with E-state index in [2.05, 4.69) is 128 Å². The Balaban J connectivity index is 1.19. The van der Waals surface area contributed by atoms with Gasteiger partial charge in [0.15, 0.2) is 0 Å². The molecule has 0 amide bonds. The molecule has 0 saturated carbocycles. The van der Waals surface area contributed by atoms with Gasteiger partial charge >= 0.3 is 0 Å². The Bertz CT molecular complexity index is 2110. The van der Waals surface area contributed by atoms with Crippen LogP contribution in [0.5, 0.6) is 0 Å². The molecule has 0 bridgehead atoms. The van der Waals surface area contributed by atoms with Gasteiger partial charge in [0.1, 0.15) is 34.6 Å². The van der Waals surface area contributed by atoms with Crippen LogP contribution in [0, 0.1) is 0 Å². The predicted molar refractivity (Wildman–Crippen MR) is 237 cm³/mol. The van der Waals surface area contributed by atoms with Crippen molar-refractivity contribution in [3.05, 3.63) is 214 Å². The maximum Gasteiger partial charge on any atom is 0.117 e. The summed E-state index contributed by atoms with van der Waals surface area (Å²) >= 11 is 4.04. The van der Waals surface area contributed by atoms with Gasteiger partial charge in [-0.2, -0.15) is 0 Å². The number of aryl methyl sites for hydroxylation is 1. The molecule has 2 fully saturated rings. The molecular weight excluding hydrogens is 757 g/mol. The summed E-state index contributed by atoms with van der Waals surface area (Å²) < 4.78 is 34.6. The van der Waals surface area contributed by atoms with Crippen LogP contribution in [0.2, 0.25) is 0 Å². The molecule has 0 aromatic heterocycles.